The monoisotopic (exact) mass is 465 g/mol. The summed E-state index contributed by atoms with van der Waals surface area (Å²) in [4.78, 5) is 27.5. The van der Waals surface area contributed by atoms with Crippen molar-refractivity contribution in [3.8, 4) is 0 Å². The molecule has 0 fully saturated rings. The zero-order valence-corrected chi connectivity index (χ0v) is 18.1. The number of carbonyl (C=O) groups excluding carboxylic acids is 1. The topological polar surface area (TPSA) is 104 Å². The Bertz CT molecular complexity index is 1540. The lowest BCUT2D eigenvalue weighted by atomic mass is 10.0. The number of rotatable bonds is 3. The van der Waals surface area contributed by atoms with Gasteiger partial charge in [-0.15, -0.1) is 0 Å². The average Bonchev–Trinajstić information content (AvgIpc) is 3.54. The molecule has 2 N–H and O–H groups in total. The zero-order valence-electron chi connectivity index (χ0n) is 17.3. The molecular weight excluding hydrogens is 449 g/mol. The van der Waals surface area contributed by atoms with E-state index in [1.165, 1.54) is 24.4 Å². The van der Waals surface area contributed by atoms with Gasteiger partial charge in [0.1, 0.15) is 11.3 Å². The fourth-order valence-corrected chi connectivity index (χ4v) is 4.53. The second-order valence-corrected chi connectivity index (χ2v) is 8.16. The lowest BCUT2D eigenvalue weighted by Crippen LogP contribution is -2.41. The van der Waals surface area contributed by atoms with Crippen molar-refractivity contribution in [1.29, 1.82) is 0 Å². The summed E-state index contributed by atoms with van der Waals surface area (Å²) in [5.74, 6) is -0.405. The third kappa shape index (κ3) is 3.05. The molecular formula is C22H17ClFN7O2. The number of H-pyrrole nitrogens is 1. The number of nitrogens with one attached hydrogen (secondary N) is 2. The standard InChI is InChI=1S/C22H17ClFN7O2/c1-25-16-9-31-17(7-13(16)23)12(8-28-31)22(32)30-5-4-14-19(27-10-26-14)20(30)21-29-15-6-11(24)2-3-18(15)33-21/h2-3,6-10,20,25H,4-5H2,1H3,(H,26,27)/t20-/m0/s1. The van der Waals surface area contributed by atoms with Crippen molar-refractivity contribution >= 4 is 39.8 Å². The van der Waals surface area contributed by atoms with Gasteiger partial charge in [0.05, 0.1) is 46.2 Å². The van der Waals surface area contributed by atoms with Gasteiger partial charge in [-0.25, -0.2) is 18.9 Å². The molecule has 0 saturated heterocycles. The summed E-state index contributed by atoms with van der Waals surface area (Å²) < 4.78 is 21.3. The molecule has 5 aromatic rings. The maximum atomic E-state index is 13.8. The summed E-state index contributed by atoms with van der Waals surface area (Å²) in [6.45, 7) is 0.408. The number of hydrogen-bond donors (Lipinski definition) is 2. The van der Waals surface area contributed by atoms with Crippen LogP contribution in [0.3, 0.4) is 0 Å². The molecule has 11 heteroatoms. The Morgan fingerprint density at radius 2 is 2.24 bits per heavy atom. The third-order valence-corrected chi connectivity index (χ3v) is 6.20. The number of imidazole rings is 1. The summed E-state index contributed by atoms with van der Waals surface area (Å²) in [5.41, 5.74) is 4.03. The molecule has 4 aromatic heterocycles. The van der Waals surface area contributed by atoms with Crippen LogP contribution in [0.15, 0.2) is 47.4 Å². The molecule has 33 heavy (non-hydrogen) atoms. The summed E-state index contributed by atoms with van der Waals surface area (Å²) >= 11 is 6.36. The molecule has 9 nitrogen and oxygen atoms in total. The molecule has 0 bridgehead atoms. The molecule has 0 aliphatic carbocycles. The van der Waals surface area contributed by atoms with Gasteiger partial charge in [0.25, 0.3) is 5.91 Å². The van der Waals surface area contributed by atoms with E-state index in [1.807, 2.05) is 0 Å². The van der Waals surface area contributed by atoms with Crippen LogP contribution < -0.4 is 5.32 Å². The normalized spacial score (nSPS) is 15.8. The van der Waals surface area contributed by atoms with Crippen molar-refractivity contribution in [2.45, 2.75) is 12.5 Å². The van der Waals surface area contributed by atoms with Crippen molar-refractivity contribution in [1.82, 2.24) is 29.5 Å². The van der Waals surface area contributed by atoms with Crippen molar-refractivity contribution in [2.24, 2.45) is 0 Å². The molecule has 1 aliphatic rings. The number of nitrogens with zero attached hydrogens (tertiary/aromatic N) is 5. The number of benzene rings is 1. The third-order valence-electron chi connectivity index (χ3n) is 5.89. The van der Waals surface area contributed by atoms with Gasteiger partial charge in [0.2, 0.25) is 5.89 Å². The molecule has 1 amide bonds. The van der Waals surface area contributed by atoms with E-state index in [-0.39, 0.29) is 11.8 Å². The van der Waals surface area contributed by atoms with E-state index in [4.69, 9.17) is 16.0 Å². The highest BCUT2D eigenvalue weighted by Gasteiger charge is 2.38. The Kier molecular flexibility index (Phi) is 4.37. The van der Waals surface area contributed by atoms with E-state index in [1.54, 1.807) is 35.1 Å². The summed E-state index contributed by atoms with van der Waals surface area (Å²) in [7, 11) is 1.76. The van der Waals surface area contributed by atoms with Crippen LogP contribution in [0.25, 0.3) is 16.6 Å². The van der Waals surface area contributed by atoms with E-state index in [0.29, 0.717) is 51.5 Å². The first-order valence-electron chi connectivity index (χ1n) is 10.3. The molecule has 0 radical (unpaired) electrons. The van der Waals surface area contributed by atoms with Crippen LogP contribution in [-0.4, -0.2) is 49.0 Å². The maximum Gasteiger partial charge on any atom is 0.258 e. The molecule has 6 rings (SSSR count). The lowest BCUT2D eigenvalue weighted by molar-refractivity contribution is 0.0669. The van der Waals surface area contributed by atoms with Crippen molar-refractivity contribution in [3.05, 3.63) is 76.7 Å². The van der Waals surface area contributed by atoms with Crippen molar-refractivity contribution in [3.63, 3.8) is 0 Å². The van der Waals surface area contributed by atoms with E-state index in [2.05, 4.69) is 25.4 Å². The van der Waals surface area contributed by atoms with Crippen LogP contribution in [0.5, 0.6) is 0 Å². The number of pyridine rings is 1. The number of halogens is 2. The van der Waals surface area contributed by atoms with Crippen LogP contribution in [0, 0.1) is 5.82 Å². The Labute approximate surface area is 191 Å². The Hall–Kier alpha value is -3.92. The van der Waals surface area contributed by atoms with E-state index < -0.39 is 11.9 Å². The molecule has 5 heterocycles. The van der Waals surface area contributed by atoms with Gasteiger partial charge in [0.15, 0.2) is 11.6 Å². The predicted octanol–water partition coefficient (Wildman–Crippen LogP) is 3.82. The minimum atomic E-state index is -0.676. The Morgan fingerprint density at radius 1 is 1.36 bits per heavy atom. The molecule has 1 aliphatic heterocycles. The molecule has 1 atom stereocenters. The first-order chi connectivity index (χ1) is 16.0. The largest absolute Gasteiger partial charge is 0.438 e. The minimum Gasteiger partial charge on any atom is -0.438 e. The van der Waals surface area contributed by atoms with Gasteiger partial charge < -0.3 is 19.6 Å². The average molecular weight is 466 g/mol. The highest BCUT2D eigenvalue weighted by atomic mass is 35.5. The SMILES string of the molecule is CNc1cn2ncc(C(=O)N3CCc4[nH]cnc4[C@H]3c3nc4cc(F)ccc4o3)c2cc1Cl. The molecule has 0 spiro atoms. The summed E-state index contributed by atoms with van der Waals surface area (Å²) in [6, 6.07) is 5.16. The lowest BCUT2D eigenvalue weighted by Gasteiger charge is -2.32. The van der Waals surface area contributed by atoms with Gasteiger partial charge in [-0.3, -0.25) is 4.79 Å². The Balaban J connectivity index is 1.47. The Morgan fingerprint density at radius 3 is 3.09 bits per heavy atom. The fourth-order valence-electron chi connectivity index (χ4n) is 4.28. The van der Waals surface area contributed by atoms with Gasteiger partial charge in [-0.2, -0.15) is 5.10 Å². The number of fused-ring (bicyclic) bond motifs is 3. The first kappa shape index (κ1) is 19.7. The molecule has 166 valence electrons. The number of aromatic nitrogens is 5. The number of amides is 1. The van der Waals surface area contributed by atoms with Crippen LogP contribution in [0.4, 0.5) is 10.1 Å². The van der Waals surface area contributed by atoms with E-state index in [0.717, 1.165) is 5.69 Å². The molecule has 0 saturated carbocycles. The van der Waals surface area contributed by atoms with Gasteiger partial charge in [-0.1, -0.05) is 11.6 Å². The van der Waals surface area contributed by atoms with Crippen LogP contribution >= 0.6 is 11.6 Å². The van der Waals surface area contributed by atoms with Gasteiger partial charge >= 0.3 is 0 Å². The second kappa shape index (κ2) is 7.31. The highest BCUT2D eigenvalue weighted by Crippen LogP contribution is 2.36. The van der Waals surface area contributed by atoms with Crippen molar-refractivity contribution in [2.75, 3.05) is 18.9 Å². The van der Waals surface area contributed by atoms with Crippen molar-refractivity contribution < 1.29 is 13.6 Å². The zero-order chi connectivity index (χ0) is 22.7. The number of carbonyl (C=O) groups is 1. The smallest absolute Gasteiger partial charge is 0.258 e. The quantitative estimate of drug-likeness (QED) is 0.420. The number of hydrogen-bond acceptors (Lipinski definition) is 6. The summed E-state index contributed by atoms with van der Waals surface area (Å²) in [5, 5.41) is 7.80. The van der Waals surface area contributed by atoms with Gasteiger partial charge in [0, 0.05) is 31.8 Å². The van der Waals surface area contributed by atoms with Crippen LogP contribution in [-0.2, 0) is 6.42 Å². The predicted molar refractivity (Wildman–Crippen MR) is 119 cm³/mol. The first-order valence-corrected chi connectivity index (χ1v) is 10.6. The van der Waals surface area contributed by atoms with E-state index in [9.17, 15) is 9.18 Å². The minimum absolute atomic E-state index is 0.259. The van der Waals surface area contributed by atoms with Gasteiger partial charge in [-0.05, 0) is 18.2 Å². The molecule has 1 aromatic carbocycles. The highest BCUT2D eigenvalue weighted by molar-refractivity contribution is 6.33. The fraction of sp³-hybridized carbons (Fsp3) is 0.182. The number of aromatic amines is 1. The summed E-state index contributed by atoms with van der Waals surface area (Å²) in [6.07, 6.45) is 5.42. The van der Waals surface area contributed by atoms with E-state index >= 15 is 0 Å². The van der Waals surface area contributed by atoms with Crippen LogP contribution in [0.2, 0.25) is 5.02 Å². The number of oxazole rings is 1. The second-order valence-electron chi connectivity index (χ2n) is 7.75. The van der Waals surface area contributed by atoms with Crippen LogP contribution in [0.1, 0.15) is 33.7 Å². The molecule has 0 unspecified atom stereocenters. The maximum absolute atomic E-state index is 13.8. The number of anilines is 1.